The number of aliphatic hydroxyl groups is 1. The minimum absolute atomic E-state index is 0.00773. The Morgan fingerprint density at radius 1 is 1.64 bits per heavy atom. The Morgan fingerprint density at radius 3 is 3.07 bits per heavy atom. The van der Waals surface area contributed by atoms with E-state index >= 15 is 0 Å². The summed E-state index contributed by atoms with van der Waals surface area (Å²) in [5.41, 5.74) is 1.69. The minimum Gasteiger partial charge on any atom is -0.390 e. The molecule has 3 nitrogen and oxygen atoms in total. The molecule has 14 heavy (non-hydrogen) atoms. The Morgan fingerprint density at radius 2 is 2.43 bits per heavy atom. The van der Waals surface area contributed by atoms with Crippen molar-refractivity contribution in [2.45, 2.75) is 11.6 Å². The lowest BCUT2D eigenvalue weighted by Crippen LogP contribution is -1.92. The quantitative estimate of drug-likeness (QED) is 0.853. The first kappa shape index (κ1) is 10.0. The van der Waals surface area contributed by atoms with E-state index in [1.54, 1.807) is 11.8 Å². The highest BCUT2D eigenvalue weighted by Gasteiger charge is 2.11. The molecule has 0 aromatic carbocycles. The van der Waals surface area contributed by atoms with Gasteiger partial charge < -0.3 is 5.11 Å². The summed E-state index contributed by atoms with van der Waals surface area (Å²) >= 11 is 4.97. The lowest BCUT2D eigenvalue weighted by atomic mass is 10.4. The molecule has 0 radical (unpaired) electrons. The zero-order chi connectivity index (χ0) is 10.1. The van der Waals surface area contributed by atoms with Crippen LogP contribution in [-0.2, 0) is 6.61 Å². The van der Waals surface area contributed by atoms with E-state index in [0.29, 0.717) is 0 Å². The van der Waals surface area contributed by atoms with Gasteiger partial charge >= 0.3 is 0 Å². The molecular weight excluding hydrogens is 264 g/mol. The van der Waals surface area contributed by atoms with Gasteiger partial charge in [-0.25, -0.2) is 4.98 Å². The summed E-state index contributed by atoms with van der Waals surface area (Å²) in [6.07, 6.45) is 3.85. The van der Waals surface area contributed by atoms with E-state index in [4.69, 9.17) is 0 Å². The van der Waals surface area contributed by atoms with E-state index in [0.717, 1.165) is 20.8 Å². The number of thioether (sulfide) groups is 1. The number of aromatic nitrogens is 2. The molecule has 0 spiro atoms. The molecule has 0 unspecified atom stereocenters. The van der Waals surface area contributed by atoms with E-state index in [1.807, 2.05) is 29.0 Å². The van der Waals surface area contributed by atoms with Gasteiger partial charge in [0.1, 0.15) is 5.03 Å². The van der Waals surface area contributed by atoms with Crippen molar-refractivity contribution in [1.82, 2.24) is 9.38 Å². The van der Waals surface area contributed by atoms with E-state index < -0.39 is 0 Å². The van der Waals surface area contributed by atoms with Crippen molar-refractivity contribution >= 4 is 33.3 Å². The fourth-order valence-corrected chi connectivity index (χ4v) is 2.38. The van der Waals surface area contributed by atoms with E-state index in [9.17, 15) is 5.11 Å². The Balaban J connectivity index is 2.79. The van der Waals surface area contributed by atoms with Crippen molar-refractivity contribution in [2.75, 3.05) is 6.26 Å². The Labute approximate surface area is 94.3 Å². The number of imidazole rings is 1. The second kappa shape index (κ2) is 3.92. The predicted molar refractivity (Wildman–Crippen MR) is 60.6 cm³/mol. The smallest absolute Gasteiger partial charge is 0.152 e. The van der Waals surface area contributed by atoms with Crippen LogP contribution in [0, 0.1) is 0 Å². The zero-order valence-electron chi connectivity index (χ0n) is 7.57. The lowest BCUT2D eigenvalue weighted by molar-refractivity contribution is 0.272. The molecule has 0 atom stereocenters. The first-order valence-electron chi connectivity index (χ1n) is 4.08. The van der Waals surface area contributed by atoms with Gasteiger partial charge in [-0.1, -0.05) is 0 Å². The Bertz CT molecular complexity index is 469. The molecule has 0 saturated carbocycles. The van der Waals surface area contributed by atoms with Crippen molar-refractivity contribution in [1.29, 1.82) is 0 Å². The first-order valence-corrected chi connectivity index (χ1v) is 6.10. The van der Waals surface area contributed by atoms with Crippen LogP contribution in [0.5, 0.6) is 0 Å². The highest BCUT2D eigenvalue weighted by Crippen LogP contribution is 2.25. The molecule has 2 heterocycles. The van der Waals surface area contributed by atoms with Crippen LogP contribution < -0.4 is 0 Å². The topological polar surface area (TPSA) is 37.5 Å². The minimum atomic E-state index is 0.00773. The first-order chi connectivity index (χ1) is 6.77. The molecule has 0 aliphatic carbocycles. The third-order valence-electron chi connectivity index (χ3n) is 2.01. The van der Waals surface area contributed by atoms with Gasteiger partial charge in [0, 0.05) is 6.20 Å². The molecule has 0 saturated heterocycles. The fraction of sp³-hybridized carbons (Fsp3) is 0.222. The zero-order valence-corrected chi connectivity index (χ0v) is 9.97. The molecule has 2 rings (SSSR count). The van der Waals surface area contributed by atoms with Crippen molar-refractivity contribution in [3.05, 3.63) is 28.5 Å². The molecule has 0 bridgehead atoms. The summed E-state index contributed by atoms with van der Waals surface area (Å²) in [6.45, 7) is 0.00773. The van der Waals surface area contributed by atoms with Gasteiger partial charge in [-0.05, 0) is 34.3 Å². The van der Waals surface area contributed by atoms with Gasteiger partial charge in [0.15, 0.2) is 5.65 Å². The van der Waals surface area contributed by atoms with E-state index in [2.05, 4.69) is 20.9 Å². The van der Waals surface area contributed by atoms with Crippen LogP contribution in [0.25, 0.3) is 5.65 Å². The molecule has 1 N–H and O–H groups in total. The van der Waals surface area contributed by atoms with Gasteiger partial charge in [-0.2, -0.15) is 0 Å². The monoisotopic (exact) mass is 272 g/mol. The predicted octanol–water partition coefficient (Wildman–Crippen LogP) is 2.31. The molecule has 2 aromatic heterocycles. The van der Waals surface area contributed by atoms with Crippen molar-refractivity contribution in [2.24, 2.45) is 0 Å². The normalized spacial score (nSPS) is 11.1. The van der Waals surface area contributed by atoms with Crippen LogP contribution in [0.1, 0.15) is 5.69 Å². The average molecular weight is 273 g/mol. The highest BCUT2D eigenvalue weighted by atomic mass is 79.9. The molecule has 0 aliphatic heterocycles. The van der Waals surface area contributed by atoms with Gasteiger partial charge in [-0.3, -0.25) is 4.40 Å². The van der Waals surface area contributed by atoms with Crippen molar-refractivity contribution in [3.63, 3.8) is 0 Å². The third kappa shape index (κ3) is 1.45. The van der Waals surface area contributed by atoms with Crippen molar-refractivity contribution in [3.8, 4) is 0 Å². The summed E-state index contributed by atoms with van der Waals surface area (Å²) in [7, 11) is 0. The number of hydrogen-bond acceptors (Lipinski definition) is 3. The Hall–Kier alpha value is -0.520. The van der Waals surface area contributed by atoms with Gasteiger partial charge in [0.2, 0.25) is 0 Å². The molecule has 5 heteroatoms. The average Bonchev–Trinajstić information content (AvgIpc) is 2.57. The second-order valence-electron chi connectivity index (χ2n) is 2.78. The van der Waals surface area contributed by atoms with Crippen molar-refractivity contribution < 1.29 is 5.11 Å². The van der Waals surface area contributed by atoms with E-state index in [-0.39, 0.29) is 6.61 Å². The van der Waals surface area contributed by atoms with Crippen LogP contribution in [-0.4, -0.2) is 20.7 Å². The molecular formula is C9H9BrN2OS. The third-order valence-corrected chi connectivity index (χ3v) is 3.34. The van der Waals surface area contributed by atoms with Crippen LogP contribution in [0.2, 0.25) is 0 Å². The van der Waals surface area contributed by atoms with Crippen LogP contribution >= 0.6 is 27.7 Å². The number of rotatable bonds is 2. The van der Waals surface area contributed by atoms with E-state index in [1.165, 1.54) is 0 Å². The standard InChI is InChI=1S/C9H9BrN2OS/c1-14-9-7(5-13)12-4-2-3-6(10)8(12)11-9/h2-4,13H,5H2,1H3. The highest BCUT2D eigenvalue weighted by molar-refractivity contribution is 9.10. The number of halogens is 1. The summed E-state index contributed by atoms with van der Waals surface area (Å²) in [5, 5.41) is 10.1. The van der Waals surface area contributed by atoms with Crippen LogP contribution in [0.4, 0.5) is 0 Å². The summed E-state index contributed by atoms with van der Waals surface area (Å²) in [4.78, 5) is 4.42. The van der Waals surface area contributed by atoms with Gasteiger partial charge in [-0.15, -0.1) is 11.8 Å². The SMILES string of the molecule is CSc1nc2c(Br)cccn2c1CO. The largest absolute Gasteiger partial charge is 0.390 e. The molecule has 2 aromatic rings. The molecule has 0 fully saturated rings. The Kier molecular flexibility index (Phi) is 2.80. The maximum Gasteiger partial charge on any atom is 0.152 e. The summed E-state index contributed by atoms with van der Waals surface area (Å²) in [5.74, 6) is 0. The van der Waals surface area contributed by atoms with Crippen LogP contribution in [0.3, 0.4) is 0 Å². The lowest BCUT2D eigenvalue weighted by Gasteiger charge is -1.99. The summed E-state index contributed by atoms with van der Waals surface area (Å²) < 4.78 is 2.84. The molecule has 74 valence electrons. The van der Waals surface area contributed by atoms with Crippen LogP contribution in [0.15, 0.2) is 27.8 Å². The van der Waals surface area contributed by atoms with Gasteiger partial charge in [0.25, 0.3) is 0 Å². The van der Waals surface area contributed by atoms with Gasteiger partial charge in [0.05, 0.1) is 16.8 Å². The maximum absolute atomic E-state index is 9.24. The number of hydrogen-bond donors (Lipinski definition) is 1. The number of pyridine rings is 1. The maximum atomic E-state index is 9.24. The number of aliphatic hydroxyl groups excluding tert-OH is 1. The molecule has 0 amide bonds. The fourth-order valence-electron chi connectivity index (χ4n) is 1.37. The number of nitrogens with zero attached hydrogens (tertiary/aromatic N) is 2. The summed E-state index contributed by atoms with van der Waals surface area (Å²) in [6, 6.07) is 3.86. The second-order valence-corrected chi connectivity index (χ2v) is 4.42. The molecule has 0 aliphatic rings. The number of fused-ring (bicyclic) bond motifs is 1.